The molecular weight excluding hydrogens is 140 g/mol. The molecule has 0 atom stereocenters. The van der Waals surface area contributed by atoms with Gasteiger partial charge in [-0.3, -0.25) is 0 Å². The third-order valence-corrected chi connectivity index (χ3v) is 1.69. The Bertz CT molecular complexity index is 169. The lowest BCUT2D eigenvalue weighted by atomic mass is 10.1. The van der Waals surface area contributed by atoms with Gasteiger partial charge in [0.05, 0.1) is 0 Å². The van der Waals surface area contributed by atoms with Gasteiger partial charge in [-0.05, 0) is 30.2 Å². The van der Waals surface area contributed by atoms with Gasteiger partial charge in [0.15, 0.2) is 0 Å². The van der Waals surface area contributed by atoms with Gasteiger partial charge in [0, 0.05) is 0 Å². The molecule has 0 fully saturated rings. The van der Waals surface area contributed by atoms with E-state index in [1.165, 1.54) is 5.56 Å². The van der Waals surface area contributed by atoms with E-state index in [1.54, 1.807) is 0 Å². The summed E-state index contributed by atoms with van der Waals surface area (Å²) in [5.74, 6) is 0.961. The molecule has 0 bridgehead atoms. The molecule has 1 heteroatoms. The first-order chi connectivity index (χ1) is 4.93. The molecule has 0 aliphatic rings. The van der Waals surface area contributed by atoms with E-state index in [9.17, 15) is 0 Å². The lowest BCUT2D eigenvalue weighted by Gasteiger charge is -1.95. The molecule has 0 amide bonds. The molecule has 53 valence electrons. The van der Waals surface area contributed by atoms with Crippen LogP contribution in [0.1, 0.15) is 12.0 Å². The lowest BCUT2D eigenvalue weighted by Crippen LogP contribution is -1.84. The molecule has 0 spiro atoms. The minimum atomic E-state index is 0.961. The molecule has 0 nitrogen and oxygen atoms in total. The molecule has 1 radical (unpaired) electrons. The quantitative estimate of drug-likeness (QED) is 0.630. The van der Waals surface area contributed by atoms with Crippen LogP contribution in [0, 0.1) is 6.07 Å². The third kappa shape index (κ3) is 2.44. The number of hydrogen-bond acceptors (Lipinski definition) is 1. The van der Waals surface area contributed by atoms with E-state index in [-0.39, 0.29) is 0 Å². The first kappa shape index (κ1) is 7.67. The average molecular weight is 151 g/mol. The van der Waals surface area contributed by atoms with E-state index >= 15 is 0 Å². The van der Waals surface area contributed by atoms with Crippen molar-refractivity contribution in [1.82, 2.24) is 0 Å². The van der Waals surface area contributed by atoms with Crippen LogP contribution in [-0.2, 0) is 6.42 Å². The Morgan fingerprint density at radius 2 is 2.30 bits per heavy atom. The van der Waals surface area contributed by atoms with Crippen LogP contribution in [0.2, 0.25) is 0 Å². The zero-order valence-electron chi connectivity index (χ0n) is 5.88. The molecule has 1 aromatic rings. The molecule has 0 unspecified atom stereocenters. The van der Waals surface area contributed by atoms with Crippen molar-refractivity contribution in [2.45, 2.75) is 12.8 Å². The van der Waals surface area contributed by atoms with Gasteiger partial charge in [-0.15, -0.1) is 0 Å². The summed E-state index contributed by atoms with van der Waals surface area (Å²) in [6, 6.07) is 11.3. The van der Waals surface area contributed by atoms with Gasteiger partial charge >= 0.3 is 0 Å². The fraction of sp³-hybridized carbons (Fsp3) is 0.333. The number of aryl methyl sites for hydroxylation is 1. The van der Waals surface area contributed by atoms with E-state index < -0.39 is 0 Å². The smallest absolute Gasteiger partial charge is 0.00947 e. The Hall–Kier alpha value is -0.430. The van der Waals surface area contributed by atoms with Crippen molar-refractivity contribution in [2.24, 2.45) is 0 Å². The Labute approximate surface area is 67.7 Å². The van der Waals surface area contributed by atoms with Crippen LogP contribution in [0.4, 0.5) is 0 Å². The zero-order chi connectivity index (χ0) is 7.23. The fourth-order valence-electron chi connectivity index (χ4n) is 0.856. The molecule has 0 aliphatic carbocycles. The van der Waals surface area contributed by atoms with Gasteiger partial charge in [-0.25, -0.2) is 0 Å². The van der Waals surface area contributed by atoms with Crippen molar-refractivity contribution in [1.29, 1.82) is 0 Å². The molecule has 0 N–H and O–H groups in total. The molecule has 1 aromatic carbocycles. The predicted molar refractivity (Wildman–Crippen MR) is 47.5 cm³/mol. The van der Waals surface area contributed by atoms with Crippen LogP contribution >= 0.6 is 12.6 Å². The number of hydrogen-bond donors (Lipinski definition) is 1. The summed E-state index contributed by atoms with van der Waals surface area (Å²) in [5, 5.41) is 0. The molecule has 0 saturated heterocycles. The van der Waals surface area contributed by atoms with Gasteiger partial charge in [-0.1, -0.05) is 24.3 Å². The number of benzene rings is 1. The Balaban J connectivity index is 2.43. The van der Waals surface area contributed by atoms with Gasteiger partial charge in [-0.2, -0.15) is 12.6 Å². The minimum Gasteiger partial charge on any atom is -0.179 e. The molecule has 0 aromatic heterocycles. The van der Waals surface area contributed by atoms with E-state index in [1.807, 2.05) is 18.2 Å². The molecule has 0 heterocycles. The van der Waals surface area contributed by atoms with Crippen LogP contribution in [-0.4, -0.2) is 5.75 Å². The first-order valence-corrected chi connectivity index (χ1v) is 4.13. The van der Waals surface area contributed by atoms with Crippen molar-refractivity contribution in [3.8, 4) is 0 Å². The van der Waals surface area contributed by atoms with Crippen molar-refractivity contribution < 1.29 is 0 Å². The number of thiol groups is 1. The van der Waals surface area contributed by atoms with Gasteiger partial charge < -0.3 is 0 Å². The highest BCUT2D eigenvalue weighted by Crippen LogP contribution is 2.01. The molecule has 1 rings (SSSR count). The molecule has 10 heavy (non-hydrogen) atoms. The monoisotopic (exact) mass is 151 g/mol. The summed E-state index contributed by atoms with van der Waals surface area (Å²) in [6.07, 6.45) is 2.24. The second-order valence-corrected chi connectivity index (χ2v) is 2.66. The molecule has 0 aliphatic heterocycles. The van der Waals surface area contributed by atoms with Crippen molar-refractivity contribution >= 4 is 12.6 Å². The minimum absolute atomic E-state index is 0.961. The summed E-state index contributed by atoms with van der Waals surface area (Å²) in [6.45, 7) is 0. The molecule has 0 saturated carbocycles. The van der Waals surface area contributed by atoms with Gasteiger partial charge in [0.25, 0.3) is 0 Å². The van der Waals surface area contributed by atoms with Crippen LogP contribution in [0.15, 0.2) is 24.3 Å². The second-order valence-electron chi connectivity index (χ2n) is 2.21. The van der Waals surface area contributed by atoms with Crippen LogP contribution < -0.4 is 0 Å². The van der Waals surface area contributed by atoms with E-state index in [0.29, 0.717) is 0 Å². The highest BCUT2D eigenvalue weighted by molar-refractivity contribution is 7.80. The van der Waals surface area contributed by atoms with E-state index in [2.05, 4.69) is 24.8 Å². The summed E-state index contributed by atoms with van der Waals surface area (Å²) in [4.78, 5) is 0. The predicted octanol–water partition coefficient (Wildman–Crippen LogP) is 2.35. The summed E-state index contributed by atoms with van der Waals surface area (Å²) in [7, 11) is 0. The largest absolute Gasteiger partial charge is 0.179 e. The maximum Gasteiger partial charge on any atom is -0.00947 e. The fourth-order valence-corrected chi connectivity index (χ4v) is 1.01. The van der Waals surface area contributed by atoms with E-state index in [4.69, 9.17) is 0 Å². The Morgan fingerprint density at radius 3 is 2.90 bits per heavy atom. The van der Waals surface area contributed by atoms with Crippen LogP contribution in [0.5, 0.6) is 0 Å². The maximum absolute atomic E-state index is 4.14. The third-order valence-electron chi connectivity index (χ3n) is 1.38. The normalized spacial score (nSPS) is 9.70. The van der Waals surface area contributed by atoms with Crippen molar-refractivity contribution in [3.63, 3.8) is 0 Å². The Kier molecular flexibility index (Phi) is 3.37. The summed E-state index contributed by atoms with van der Waals surface area (Å²) < 4.78 is 0. The molecular formula is C9H11S. The van der Waals surface area contributed by atoms with Crippen LogP contribution in [0.25, 0.3) is 0 Å². The van der Waals surface area contributed by atoms with Gasteiger partial charge in [0.1, 0.15) is 0 Å². The maximum atomic E-state index is 4.14. The summed E-state index contributed by atoms with van der Waals surface area (Å²) in [5.41, 5.74) is 1.29. The van der Waals surface area contributed by atoms with Crippen LogP contribution in [0.3, 0.4) is 0 Å². The van der Waals surface area contributed by atoms with Crippen molar-refractivity contribution in [3.05, 3.63) is 35.9 Å². The standard InChI is InChI=1S/C9H11S/c10-8-4-7-9-5-2-1-3-6-9/h1-3,5,10H,4,7-8H2. The second kappa shape index (κ2) is 4.40. The average Bonchev–Trinajstić information content (AvgIpc) is 2.03. The topological polar surface area (TPSA) is 0 Å². The first-order valence-electron chi connectivity index (χ1n) is 3.50. The lowest BCUT2D eigenvalue weighted by molar-refractivity contribution is 0.934. The summed E-state index contributed by atoms with van der Waals surface area (Å²) >= 11 is 4.14. The highest BCUT2D eigenvalue weighted by atomic mass is 32.1. The van der Waals surface area contributed by atoms with Gasteiger partial charge in [0.2, 0.25) is 0 Å². The number of rotatable bonds is 3. The zero-order valence-corrected chi connectivity index (χ0v) is 6.77. The van der Waals surface area contributed by atoms with Crippen molar-refractivity contribution in [2.75, 3.05) is 5.75 Å². The van der Waals surface area contributed by atoms with E-state index in [0.717, 1.165) is 18.6 Å². The SMILES string of the molecule is SCCCc1[c]cccc1. The highest BCUT2D eigenvalue weighted by Gasteiger charge is 1.88. The Morgan fingerprint density at radius 1 is 1.40 bits per heavy atom.